The van der Waals surface area contributed by atoms with Gasteiger partial charge in [0.15, 0.2) is 17.1 Å². The van der Waals surface area contributed by atoms with Crippen LogP contribution in [0.15, 0.2) is 473 Å². The number of hydrogen-bond acceptors (Lipinski definition) is 3. The lowest BCUT2D eigenvalue weighted by atomic mass is 9.90. The normalized spacial score (nSPS) is 11.3. The Morgan fingerprint density at radius 1 is 0.167 bits per heavy atom. The van der Waals surface area contributed by atoms with Crippen LogP contribution in [0, 0.1) is 53.7 Å². The topological polar surface area (TPSA) is 114 Å². The summed E-state index contributed by atoms with van der Waals surface area (Å²) in [4.78, 5) is 11.8. The van der Waals surface area contributed by atoms with E-state index in [1.807, 2.05) is 66.7 Å². The van der Waals surface area contributed by atoms with Gasteiger partial charge in [0.2, 0.25) is 0 Å². The molecule has 12 nitrogen and oxygen atoms in total. The zero-order valence-corrected chi connectivity index (χ0v) is 77.4. The van der Waals surface area contributed by atoms with Gasteiger partial charge < -0.3 is 27.4 Å². The first-order chi connectivity index (χ1) is 71.2. The molecule has 0 saturated heterocycles. The van der Waals surface area contributed by atoms with Crippen LogP contribution in [0.4, 0.5) is 17.1 Å². The van der Waals surface area contributed by atoms with Crippen molar-refractivity contribution in [2.45, 2.75) is 0 Å². The van der Waals surface area contributed by atoms with Gasteiger partial charge >= 0.3 is 0 Å². The van der Waals surface area contributed by atoms with Gasteiger partial charge in [-0.15, -0.1) is 0 Å². The number of nitrogens with zero attached hydrogens (tertiary/aromatic N) is 12. The molecule has 666 valence electrons. The molecular formula is C132H78N12. The summed E-state index contributed by atoms with van der Waals surface area (Å²) in [6, 6.07) is 170. The Hall–Kier alpha value is -20.6. The number of para-hydroxylation sites is 12. The van der Waals surface area contributed by atoms with E-state index in [1.165, 1.54) is 26.9 Å². The van der Waals surface area contributed by atoms with E-state index >= 15 is 0 Å². The fraction of sp³-hybridized carbons (Fsp3) is 0. The molecule has 0 aliphatic rings. The molecule has 0 N–H and O–H groups in total. The second-order valence-electron chi connectivity index (χ2n) is 35.9. The van der Waals surface area contributed by atoms with Gasteiger partial charge in [-0.2, -0.15) is 15.8 Å². The first kappa shape index (κ1) is 85.1. The van der Waals surface area contributed by atoms with E-state index in [-0.39, 0.29) is 0 Å². The highest BCUT2D eigenvalue weighted by atomic mass is 15.0. The number of nitriles is 3. The molecule has 12 heteroatoms. The third kappa shape index (κ3) is 14.2. The monoisotopic (exact) mass is 1830 g/mol. The molecular weight excluding hydrogens is 1750 g/mol. The molecule has 6 heterocycles. The van der Waals surface area contributed by atoms with Crippen molar-refractivity contribution in [3.05, 3.63) is 524 Å². The molecule has 0 radical (unpaired) electrons. The second-order valence-corrected chi connectivity index (χ2v) is 35.9. The Labute approximate surface area is 828 Å². The van der Waals surface area contributed by atoms with Crippen molar-refractivity contribution in [3.8, 4) is 119 Å². The van der Waals surface area contributed by atoms with E-state index in [2.05, 4.69) is 442 Å². The summed E-state index contributed by atoms with van der Waals surface area (Å²) in [5.41, 5.74) is 33.9. The van der Waals surface area contributed by atoms with Crippen molar-refractivity contribution in [1.29, 1.82) is 15.8 Å². The average molecular weight is 1830 g/mol. The Kier molecular flexibility index (Phi) is 21.0. The van der Waals surface area contributed by atoms with Crippen LogP contribution in [0.1, 0.15) is 16.7 Å². The summed E-state index contributed by atoms with van der Waals surface area (Å²) in [6.07, 6.45) is 0. The largest absolute Gasteiger partial charge is 0.309 e. The van der Waals surface area contributed by atoms with E-state index in [9.17, 15) is 15.8 Å². The van der Waals surface area contributed by atoms with Gasteiger partial charge in [-0.3, -0.25) is 0 Å². The number of rotatable bonds is 12. The van der Waals surface area contributed by atoms with Crippen molar-refractivity contribution in [2.75, 3.05) is 0 Å². The highest BCUT2D eigenvalue weighted by molar-refractivity contribution is 6.20. The Bertz CT molecular complexity index is 10200. The molecule has 144 heavy (non-hydrogen) atoms. The van der Waals surface area contributed by atoms with Crippen LogP contribution >= 0.6 is 0 Å². The second kappa shape index (κ2) is 35.5. The average Bonchev–Trinajstić information content (AvgIpc) is 1.56. The molecule has 0 fully saturated rings. The van der Waals surface area contributed by atoms with Crippen molar-refractivity contribution in [1.82, 2.24) is 27.4 Å². The van der Waals surface area contributed by atoms with Crippen LogP contribution in [0.5, 0.6) is 0 Å². The van der Waals surface area contributed by atoms with Crippen molar-refractivity contribution >= 4 is 148 Å². The van der Waals surface area contributed by atoms with Gasteiger partial charge in [-0.1, -0.05) is 273 Å². The lowest BCUT2D eigenvalue weighted by Gasteiger charge is -2.16. The molecule has 0 bridgehead atoms. The maximum atomic E-state index is 9.97. The molecule has 0 aliphatic carbocycles. The highest BCUT2D eigenvalue weighted by Gasteiger charge is 2.28. The van der Waals surface area contributed by atoms with Gasteiger partial charge in [-0.05, 0) is 267 Å². The summed E-state index contributed by atoms with van der Waals surface area (Å²) in [5, 5.41) is 43.4. The van der Waals surface area contributed by atoms with Crippen LogP contribution in [0.3, 0.4) is 0 Å². The van der Waals surface area contributed by atoms with Gasteiger partial charge in [0.05, 0.1) is 109 Å². The fourth-order valence-corrected chi connectivity index (χ4v) is 21.8. The Morgan fingerprint density at radius 2 is 0.424 bits per heavy atom. The van der Waals surface area contributed by atoms with Crippen molar-refractivity contribution in [2.24, 2.45) is 0 Å². The number of fused-ring (bicyclic) bond motifs is 18. The zero-order chi connectivity index (χ0) is 96.6. The number of benzene rings is 21. The summed E-state index contributed by atoms with van der Waals surface area (Å²) in [5.74, 6) is 0. The standard InChI is InChI=1S/3C44H26N4/c1-45-38-20-13-21-39(46-2)44(38)37-28-43-36(33-19-10-12-23-41(33)48(43)31-16-7-4-8-17-31)27-34(37)29-24-25-42-35(26-29)32-18-9-11-22-40(32)47(42)30-14-5-3-6-15-30;1-46-40-22-20-29(28-45)24-37(40)36-27-44-39(34-17-9-11-19-42(34)48(44)32-14-6-3-7-15-32)26-35(36)30-21-23-43-38(25-30)33-16-8-10-18-41(33)47(43)31-12-4-2-5-13-31;45-27-31-20-19-29(23-32(31)28-46)38-26-44-40(36-16-8-10-18-42(36)48(44)34-13-5-2-6-14-34)25-37(38)30-21-22-43-39(24-30)35-15-7-9-17-41(35)47(43)33-11-3-1-4-12-33/h3-28H;2-27H;1-26H. The molecule has 27 rings (SSSR count). The molecule has 6 aromatic heterocycles. The van der Waals surface area contributed by atoms with E-state index in [4.69, 9.17) is 19.7 Å². The fourth-order valence-electron chi connectivity index (χ4n) is 21.8. The number of hydrogen-bond donors (Lipinski definition) is 0. The van der Waals surface area contributed by atoms with E-state index in [0.717, 1.165) is 199 Å². The maximum Gasteiger partial charge on any atom is 0.195 e. The zero-order valence-electron chi connectivity index (χ0n) is 77.4. The molecule has 0 unspecified atom stereocenters. The third-order valence-electron chi connectivity index (χ3n) is 28.1. The minimum absolute atomic E-state index is 0.367. The van der Waals surface area contributed by atoms with Crippen molar-refractivity contribution in [3.63, 3.8) is 0 Å². The van der Waals surface area contributed by atoms with Crippen LogP contribution in [-0.4, -0.2) is 27.4 Å². The lowest BCUT2D eigenvalue weighted by molar-refractivity contribution is 1.18. The predicted octanol–water partition coefficient (Wildman–Crippen LogP) is 34.9. The first-order valence-corrected chi connectivity index (χ1v) is 47.6. The molecule has 21 aromatic carbocycles. The Balaban J connectivity index is 0.000000113. The molecule has 0 saturated carbocycles. The Morgan fingerprint density at radius 3 is 0.743 bits per heavy atom. The first-order valence-electron chi connectivity index (χ1n) is 47.6. The summed E-state index contributed by atoms with van der Waals surface area (Å²) >= 11 is 0. The predicted molar refractivity (Wildman–Crippen MR) is 591 cm³/mol. The van der Waals surface area contributed by atoms with Crippen LogP contribution < -0.4 is 0 Å². The summed E-state index contributed by atoms with van der Waals surface area (Å²) in [7, 11) is 0. The van der Waals surface area contributed by atoms with Gasteiger partial charge in [-0.25, -0.2) is 14.5 Å². The smallest absolute Gasteiger partial charge is 0.195 e. The molecule has 0 atom stereocenters. The van der Waals surface area contributed by atoms with Crippen molar-refractivity contribution < 1.29 is 0 Å². The van der Waals surface area contributed by atoms with E-state index < -0.39 is 0 Å². The van der Waals surface area contributed by atoms with Crippen LogP contribution in [-0.2, 0) is 0 Å². The van der Waals surface area contributed by atoms with E-state index in [1.54, 1.807) is 24.3 Å². The third-order valence-corrected chi connectivity index (χ3v) is 28.1. The number of aromatic nitrogens is 6. The molecule has 27 aromatic rings. The van der Waals surface area contributed by atoms with Crippen LogP contribution in [0.25, 0.3) is 246 Å². The van der Waals surface area contributed by atoms with Gasteiger partial charge in [0.1, 0.15) is 12.1 Å². The summed E-state index contributed by atoms with van der Waals surface area (Å²) in [6.45, 7) is 24.3. The van der Waals surface area contributed by atoms with Gasteiger partial charge in [0, 0.05) is 98.8 Å². The van der Waals surface area contributed by atoms with Gasteiger partial charge in [0.25, 0.3) is 0 Å². The molecule has 0 amide bonds. The SMILES string of the molecule is N#Cc1ccc(-c2cc3c(cc2-c2ccc4c(c2)c2ccccc2n4-c2ccccc2)c2ccccc2n3-c2ccccc2)cc1C#N.[C-]#[N+]c1ccc(C#N)cc1-c1cc2c(cc1-c1ccc3c(c1)c1ccccc1n3-c1ccccc1)c1ccccc1n2-c1ccccc1.[C-]#[N+]c1cccc([N+]#[C-])c1-c1cc2c(cc1-c1ccc3c(c1)c1ccccc1n3-c1ccccc1)c1ccccc1n2-c1ccccc1. The highest BCUT2D eigenvalue weighted by Crippen LogP contribution is 2.52. The molecule has 0 aliphatic heterocycles. The lowest BCUT2D eigenvalue weighted by Crippen LogP contribution is -1.95. The minimum Gasteiger partial charge on any atom is -0.309 e. The van der Waals surface area contributed by atoms with Crippen LogP contribution in [0.2, 0.25) is 0 Å². The minimum atomic E-state index is 0.367. The van der Waals surface area contributed by atoms with E-state index in [0.29, 0.717) is 39.3 Å². The summed E-state index contributed by atoms with van der Waals surface area (Å²) < 4.78 is 13.8. The maximum absolute atomic E-state index is 9.97. The molecule has 0 spiro atoms. The quantitative estimate of drug-likeness (QED) is 0.114.